The van der Waals surface area contributed by atoms with Crippen LogP contribution in [0.25, 0.3) is 0 Å². The first-order valence-corrected chi connectivity index (χ1v) is 1.75. The maximum atomic E-state index is 8.70. The lowest BCUT2D eigenvalue weighted by molar-refractivity contribution is -0.001000. The van der Waals surface area contributed by atoms with Gasteiger partial charge in [0.15, 0.2) is 0 Å². The van der Waals surface area contributed by atoms with E-state index in [-0.39, 0.29) is 32.2 Å². The van der Waals surface area contributed by atoms with Gasteiger partial charge in [-0.05, 0) is 0 Å². The van der Waals surface area contributed by atoms with Gasteiger partial charge in [-0.1, -0.05) is 7.43 Å². The van der Waals surface area contributed by atoms with Gasteiger partial charge in [0, 0.05) is 4.57 Å². The average molecular weight is 168 g/mol. The lowest BCUT2D eigenvalue weighted by atomic mass is 12.0. The third kappa shape index (κ3) is 388. The van der Waals surface area contributed by atoms with Gasteiger partial charge in [-0.2, -0.15) is 0 Å². The van der Waals surface area contributed by atoms with Crippen molar-refractivity contribution in [1.82, 2.24) is 0 Å². The highest BCUT2D eigenvalue weighted by Gasteiger charge is 1.93. The van der Waals surface area contributed by atoms with Crippen LogP contribution in [0.15, 0.2) is 0 Å². The molecule has 0 saturated carbocycles. The molecular formula is CH6Cl2O3P-. The molecule has 0 amide bonds. The molecule has 0 aliphatic rings. The summed E-state index contributed by atoms with van der Waals surface area (Å²) in [5.74, 6) is 0. The number of rotatable bonds is 0. The zero-order valence-electron chi connectivity index (χ0n) is 2.51. The molecule has 0 bridgehead atoms. The van der Waals surface area contributed by atoms with E-state index in [0.717, 1.165) is 0 Å². The van der Waals surface area contributed by atoms with Crippen molar-refractivity contribution >= 4 is 8.25 Å². The van der Waals surface area contributed by atoms with Crippen molar-refractivity contribution in [2.24, 2.45) is 0 Å². The standard InChI is InChI=1S/CH4.2ClH.HO3P/c;;;1-4(2)3/h1H4;2*1H;(H-,1,2,3)/p-1. The Morgan fingerprint density at radius 3 is 1.14 bits per heavy atom. The van der Waals surface area contributed by atoms with E-state index in [0.29, 0.717) is 0 Å². The van der Waals surface area contributed by atoms with Crippen molar-refractivity contribution in [2.75, 3.05) is 0 Å². The Morgan fingerprint density at radius 2 is 1.14 bits per heavy atom. The summed E-state index contributed by atoms with van der Waals surface area (Å²) < 4.78 is 8.70. The second-order valence-electron chi connectivity index (χ2n) is 0.253. The Kier molecular flexibility index (Phi) is 58.3. The summed E-state index contributed by atoms with van der Waals surface area (Å²) in [6, 6.07) is 0. The van der Waals surface area contributed by atoms with Crippen LogP contribution in [0.2, 0.25) is 0 Å². The van der Waals surface area contributed by atoms with Crippen LogP contribution in [0.4, 0.5) is 0 Å². The van der Waals surface area contributed by atoms with Crippen molar-refractivity contribution in [3.63, 3.8) is 0 Å². The molecule has 48 valence electrons. The minimum Gasteiger partial charge on any atom is -1.00 e. The van der Waals surface area contributed by atoms with E-state index in [1.807, 2.05) is 0 Å². The largest absolute Gasteiger partial charge is 1.00 e. The van der Waals surface area contributed by atoms with Crippen LogP contribution in [0, 0.1) is 0 Å². The van der Waals surface area contributed by atoms with Crippen LogP contribution >= 0.6 is 8.25 Å². The molecule has 0 saturated heterocycles. The van der Waals surface area contributed by atoms with Crippen molar-refractivity contribution in [3.05, 3.63) is 0 Å². The summed E-state index contributed by atoms with van der Waals surface area (Å²) in [4.78, 5) is 14.2. The molecule has 7 heavy (non-hydrogen) atoms. The van der Waals surface area contributed by atoms with Gasteiger partial charge < -0.3 is 24.8 Å². The van der Waals surface area contributed by atoms with Crippen LogP contribution in [0.5, 0.6) is 0 Å². The van der Waals surface area contributed by atoms with Crippen LogP contribution in [0.3, 0.4) is 0 Å². The molecule has 6 heteroatoms. The Bertz CT molecular complexity index is 35.9. The third-order valence-corrected chi connectivity index (χ3v) is 0. The summed E-state index contributed by atoms with van der Waals surface area (Å²) >= 11 is 0. The van der Waals surface area contributed by atoms with E-state index in [2.05, 4.69) is 0 Å². The summed E-state index contributed by atoms with van der Waals surface area (Å²) in [6.07, 6.45) is 0. The highest BCUT2D eigenvalue weighted by molar-refractivity contribution is 7.30. The highest BCUT2D eigenvalue weighted by atomic mass is 35.5. The van der Waals surface area contributed by atoms with Gasteiger partial charge in [-0.15, -0.1) is 9.79 Å². The predicted octanol–water partition coefficient (Wildman–Crippen LogP) is -5.73. The smallest absolute Gasteiger partial charge is 0.692 e. The fourth-order valence-corrected chi connectivity index (χ4v) is 0. The Labute approximate surface area is 55.5 Å². The summed E-state index contributed by atoms with van der Waals surface area (Å²) in [5, 5.41) is 0. The second kappa shape index (κ2) is 16.0. The summed E-state index contributed by atoms with van der Waals surface area (Å²) in [7, 11) is -2.87. The van der Waals surface area contributed by atoms with Crippen molar-refractivity contribution in [3.8, 4) is 0 Å². The quantitative estimate of drug-likeness (QED) is 0.354. The molecule has 0 unspecified atom stereocenters. The van der Waals surface area contributed by atoms with E-state index < -0.39 is 8.25 Å². The van der Waals surface area contributed by atoms with Gasteiger partial charge >= 0.3 is 8.25 Å². The molecule has 0 fully saturated rings. The molecule has 0 spiro atoms. The average Bonchev–Trinajstić information content (AvgIpc) is 0.811. The van der Waals surface area contributed by atoms with Gasteiger partial charge in [0.25, 0.3) is 0 Å². The van der Waals surface area contributed by atoms with Crippen LogP contribution < -0.4 is 24.8 Å². The zero-order valence-corrected chi connectivity index (χ0v) is 4.91. The Hall–Kier alpha value is 0.600. The summed E-state index contributed by atoms with van der Waals surface area (Å²) in [5.41, 5.74) is 0. The van der Waals surface area contributed by atoms with Crippen molar-refractivity contribution < 1.29 is 39.2 Å². The lowest BCUT2D eigenvalue weighted by Gasteiger charge is -1.34. The molecule has 0 aromatic carbocycles. The molecule has 0 heterocycles. The van der Waals surface area contributed by atoms with E-state index >= 15 is 0 Å². The molecule has 0 aromatic heterocycles. The fourth-order valence-electron chi connectivity index (χ4n) is 0. The maximum absolute atomic E-state index is 8.70. The van der Waals surface area contributed by atoms with Crippen LogP contribution in [0.1, 0.15) is 7.43 Å². The monoisotopic (exact) mass is 167 g/mol. The first-order chi connectivity index (χ1) is 1.73. The molecular weight excluding hydrogens is 162 g/mol. The van der Waals surface area contributed by atoms with E-state index in [1.165, 1.54) is 0 Å². The first kappa shape index (κ1) is 25.5. The molecule has 0 radical (unpaired) electrons. The first-order valence-electron chi connectivity index (χ1n) is 0.583. The molecule has 0 aromatic rings. The molecule has 2 N–H and O–H groups in total. The highest BCUT2D eigenvalue weighted by Crippen LogP contribution is 1.98. The molecule has 0 atom stereocenters. The van der Waals surface area contributed by atoms with E-state index in [9.17, 15) is 0 Å². The van der Waals surface area contributed by atoms with Gasteiger partial charge in [0.05, 0.1) is 0 Å². The Morgan fingerprint density at radius 1 is 1.14 bits per heavy atom. The molecule has 0 aliphatic heterocycles. The van der Waals surface area contributed by atoms with Crippen molar-refractivity contribution in [1.29, 1.82) is 0 Å². The maximum Gasteiger partial charge on any atom is 0.692 e. The normalized spacial score (nSPS) is 3.71. The zero-order chi connectivity index (χ0) is 3.58. The van der Waals surface area contributed by atoms with Crippen LogP contribution in [-0.2, 0) is 4.57 Å². The third-order valence-electron chi connectivity index (χ3n) is 0. The predicted molar refractivity (Wildman–Crippen MR) is 18.8 cm³/mol. The Balaban J connectivity index is -0.0000000150. The van der Waals surface area contributed by atoms with Gasteiger partial charge in [-0.3, -0.25) is 0 Å². The minimum atomic E-state index is -2.87. The van der Waals surface area contributed by atoms with Gasteiger partial charge in [0.1, 0.15) is 0 Å². The number of hydrogen-bond donors (Lipinski definition) is 2. The number of halogens is 2. The summed E-state index contributed by atoms with van der Waals surface area (Å²) in [6.45, 7) is 0. The minimum absolute atomic E-state index is 0. The van der Waals surface area contributed by atoms with Crippen molar-refractivity contribution in [2.45, 2.75) is 7.43 Å². The van der Waals surface area contributed by atoms with Gasteiger partial charge in [-0.25, -0.2) is 0 Å². The SMILES string of the molecule is C.O=[P+](O)O.[Cl-].[Cl-]. The lowest BCUT2D eigenvalue weighted by Crippen LogP contribution is -3.00. The number of hydrogen-bond acceptors (Lipinski definition) is 1. The van der Waals surface area contributed by atoms with E-state index in [4.69, 9.17) is 14.4 Å². The molecule has 0 aliphatic carbocycles. The second-order valence-corrected chi connectivity index (χ2v) is 0.758. The topological polar surface area (TPSA) is 57.5 Å². The van der Waals surface area contributed by atoms with Crippen LogP contribution in [-0.4, -0.2) is 9.79 Å². The fraction of sp³-hybridized carbons (Fsp3) is 1.00. The van der Waals surface area contributed by atoms with E-state index in [1.54, 1.807) is 0 Å². The molecule has 3 nitrogen and oxygen atoms in total. The van der Waals surface area contributed by atoms with Gasteiger partial charge in [0.2, 0.25) is 0 Å². The molecule has 0 rings (SSSR count).